The summed E-state index contributed by atoms with van der Waals surface area (Å²) in [5, 5.41) is 0. The molecule has 2 aromatic rings. The van der Waals surface area contributed by atoms with Gasteiger partial charge in [-0.05, 0) is 49.9 Å². The lowest BCUT2D eigenvalue weighted by molar-refractivity contribution is 0.103. The first-order valence-corrected chi connectivity index (χ1v) is 7.24. The Bertz CT molecular complexity index is 615. The van der Waals surface area contributed by atoms with Gasteiger partial charge in [0, 0.05) is 11.1 Å². The van der Waals surface area contributed by atoms with Crippen LogP contribution in [0.15, 0.2) is 36.4 Å². The second-order valence-electron chi connectivity index (χ2n) is 5.55. The third kappa shape index (κ3) is 2.98. The van der Waals surface area contributed by atoms with Crippen molar-refractivity contribution in [3.63, 3.8) is 0 Å². The summed E-state index contributed by atoms with van der Waals surface area (Å²) in [6, 6.07) is 12.2. The fraction of sp³-hybridized carbons (Fsp3) is 0.316. The van der Waals surface area contributed by atoms with Gasteiger partial charge in [-0.1, -0.05) is 49.2 Å². The van der Waals surface area contributed by atoms with Crippen LogP contribution >= 0.6 is 0 Å². The van der Waals surface area contributed by atoms with E-state index in [1.165, 1.54) is 11.1 Å². The van der Waals surface area contributed by atoms with Gasteiger partial charge in [-0.2, -0.15) is 0 Å². The average molecular weight is 266 g/mol. The minimum Gasteiger partial charge on any atom is -0.289 e. The molecule has 0 spiro atoms. The first-order valence-electron chi connectivity index (χ1n) is 7.24. The number of ketones is 1. The van der Waals surface area contributed by atoms with Crippen molar-refractivity contribution >= 4 is 5.78 Å². The summed E-state index contributed by atoms with van der Waals surface area (Å²) < 4.78 is 0. The Kier molecular flexibility index (Phi) is 4.39. The molecule has 0 aliphatic heterocycles. The normalized spacial score (nSPS) is 10.6. The van der Waals surface area contributed by atoms with Gasteiger partial charge in [-0.15, -0.1) is 0 Å². The predicted octanol–water partition coefficient (Wildman–Crippen LogP) is 4.80. The molecule has 1 nitrogen and oxygen atoms in total. The second-order valence-corrected chi connectivity index (χ2v) is 5.55. The topological polar surface area (TPSA) is 17.1 Å². The van der Waals surface area contributed by atoms with E-state index in [0.717, 1.165) is 35.1 Å². The average Bonchev–Trinajstić information content (AvgIpc) is 2.38. The van der Waals surface area contributed by atoms with Gasteiger partial charge >= 0.3 is 0 Å². The Morgan fingerprint density at radius 2 is 1.65 bits per heavy atom. The molecule has 0 aliphatic carbocycles. The summed E-state index contributed by atoms with van der Waals surface area (Å²) in [7, 11) is 0. The molecule has 104 valence electrons. The van der Waals surface area contributed by atoms with Gasteiger partial charge in [0.05, 0.1) is 0 Å². The molecule has 0 N–H and O–H groups in total. The van der Waals surface area contributed by atoms with Crippen molar-refractivity contribution in [2.75, 3.05) is 0 Å². The maximum Gasteiger partial charge on any atom is 0.193 e. The lowest BCUT2D eigenvalue weighted by atomic mass is 9.92. The molecule has 0 amide bonds. The van der Waals surface area contributed by atoms with Crippen LogP contribution < -0.4 is 0 Å². The number of carbonyl (C=O) groups is 1. The van der Waals surface area contributed by atoms with Crippen LogP contribution in [-0.2, 0) is 6.42 Å². The zero-order chi connectivity index (χ0) is 14.7. The molecule has 2 aromatic carbocycles. The first kappa shape index (κ1) is 14.5. The quantitative estimate of drug-likeness (QED) is 0.727. The highest BCUT2D eigenvalue weighted by Gasteiger charge is 2.15. The van der Waals surface area contributed by atoms with Crippen LogP contribution in [0.3, 0.4) is 0 Å². The summed E-state index contributed by atoms with van der Waals surface area (Å²) >= 11 is 0. The highest BCUT2D eigenvalue weighted by Crippen LogP contribution is 2.21. The third-order valence-electron chi connectivity index (χ3n) is 3.63. The molecule has 0 heterocycles. The fourth-order valence-corrected chi connectivity index (χ4v) is 2.84. The zero-order valence-corrected chi connectivity index (χ0v) is 12.8. The standard InChI is InChI=1S/C19H22O/c1-5-7-16-8-6-9-17(12-16)19(20)18-14(3)10-13(2)11-15(18)4/h6,8-12H,5,7H2,1-4H3. The first-order chi connectivity index (χ1) is 9.52. The molecule has 0 unspecified atom stereocenters. The minimum atomic E-state index is 0.137. The molecule has 0 radical (unpaired) electrons. The molecule has 0 bridgehead atoms. The molecule has 0 atom stereocenters. The van der Waals surface area contributed by atoms with Crippen molar-refractivity contribution in [1.29, 1.82) is 0 Å². The summed E-state index contributed by atoms with van der Waals surface area (Å²) in [6.45, 7) is 8.26. The van der Waals surface area contributed by atoms with Crippen molar-refractivity contribution in [1.82, 2.24) is 0 Å². The lowest BCUT2D eigenvalue weighted by Crippen LogP contribution is -2.07. The predicted molar refractivity (Wildman–Crippen MR) is 84.5 cm³/mol. The molecule has 20 heavy (non-hydrogen) atoms. The van der Waals surface area contributed by atoms with E-state index in [1.54, 1.807) is 0 Å². The number of hydrogen-bond donors (Lipinski definition) is 0. The molecule has 1 heteroatoms. The molecule has 0 saturated carbocycles. The minimum absolute atomic E-state index is 0.137. The van der Waals surface area contributed by atoms with E-state index in [1.807, 2.05) is 32.0 Å². The largest absolute Gasteiger partial charge is 0.289 e. The van der Waals surface area contributed by atoms with Gasteiger partial charge in [0.15, 0.2) is 5.78 Å². The van der Waals surface area contributed by atoms with Crippen LogP contribution in [0.2, 0.25) is 0 Å². The van der Waals surface area contributed by atoms with Gasteiger partial charge in [0.25, 0.3) is 0 Å². The van der Waals surface area contributed by atoms with Crippen molar-refractivity contribution < 1.29 is 4.79 Å². The SMILES string of the molecule is CCCc1cccc(C(=O)c2c(C)cc(C)cc2C)c1. The van der Waals surface area contributed by atoms with E-state index in [4.69, 9.17) is 0 Å². The summed E-state index contributed by atoms with van der Waals surface area (Å²) in [5.41, 5.74) is 6.22. The summed E-state index contributed by atoms with van der Waals surface area (Å²) in [6.07, 6.45) is 2.12. The Hall–Kier alpha value is -1.89. The van der Waals surface area contributed by atoms with E-state index in [-0.39, 0.29) is 5.78 Å². The van der Waals surface area contributed by atoms with Gasteiger partial charge in [0.2, 0.25) is 0 Å². The van der Waals surface area contributed by atoms with Crippen LogP contribution in [0.25, 0.3) is 0 Å². The monoisotopic (exact) mass is 266 g/mol. The summed E-state index contributed by atoms with van der Waals surface area (Å²) in [5.74, 6) is 0.137. The van der Waals surface area contributed by atoms with Crippen molar-refractivity contribution in [3.05, 3.63) is 69.8 Å². The van der Waals surface area contributed by atoms with Crippen LogP contribution in [0.4, 0.5) is 0 Å². The van der Waals surface area contributed by atoms with E-state index in [9.17, 15) is 4.79 Å². The smallest absolute Gasteiger partial charge is 0.193 e. The molecular formula is C19H22O. The molecule has 0 aliphatic rings. The lowest BCUT2D eigenvalue weighted by Gasteiger charge is -2.11. The van der Waals surface area contributed by atoms with Gasteiger partial charge in [-0.25, -0.2) is 0 Å². The highest BCUT2D eigenvalue weighted by atomic mass is 16.1. The Morgan fingerprint density at radius 1 is 1.00 bits per heavy atom. The number of hydrogen-bond acceptors (Lipinski definition) is 1. The van der Waals surface area contributed by atoms with Crippen molar-refractivity contribution in [2.24, 2.45) is 0 Å². The zero-order valence-electron chi connectivity index (χ0n) is 12.8. The van der Waals surface area contributed by atoms with Crippen molar-refractivity contribution in [3.8, 4) is 0 Å². The highest BCUT2D eigenvalue weighted by molar-refractivity contribution is 6.10. The maximum absolute atomic E-state index is 12.8. The van der Waals surface area contributed by atoms with Crippen LogP contribution in [0, 0.1) is 20.8 Å². The Morgan fingerprint density at radius 3 is 2.25 bits per heavy atom. The number of rotatable bonds is 4. The second kappa shape index (κ2) is 6.04. The number of carbonyl (C=O) groups excluding carboxylic acids is 1. The summed E-state index contributed by atoms with van der Waals surface area (Å²) in [4.78, 5) is 12.8. The van der Waals surface area contributed by atoms with Crippen LogP contribution in [0.1, 0.15) is 51.5 Å². The van der Waals surface area contributed by atoms with Gasteiger partial charge in [0.1, 0.15) is 0 Å². The Labute approximate surface area is 121 Å². The van der Waals surface area contributed by atoms with Gasteiger partial charge in [-0.3, -0.25) is 4.79 Å². The molecular weight excluding hydrogens is 244 g/mol. The number of benzene rings is 2. The van der Waals surface area contributed by atoms with Crippen LogP contribution in [-0.4, -0.2) is 5.78 Å². The van der Waals surface area contributed by atoms with Crippen molar-refractivity contribution in [2.45, 2.75) is 40.5 Å². The molecule has 0 aromatic heterocycles. The van der Waals surface area contributed by atoms with E-state index in [2.05, 4.69) is 32.0 Å². The van der Waals surface area contributed by atoms with Gasteiger partial charge < -0.3 is 0 Å². The fourth-order valence-electron chi connectivity index (χ4n) is 2.84. The maximum atomic E-state index is 12.8. The molecule has 0 saturated heterocycles. The van der Waals surface area contributed by atoms with E-state index < -0.39 is 0 Å². The number of aryl methyl sites for hydroxylation is 4. The Balaban J connectivity index is 2.44. The molecule has 2 rings (SSSR count). The molecule has 0 fully saturated rings. The van der Waals surface area contributed by atoms with E-state index in [0.29, 0.717) is 0 Å². The third-order valence-corrected chi connectivity index (χ3v) is 3.63. The van der Waals surface area contributed by atoms with E-state index >= 15 is 0 Å². The van der Waals surface area contributed by atoms with Crippen LogP contribution in [0.5, 0.6) is 0 Å².